The monoisotopic (exact) mass is 295 g/mol. The fourth-order valence-corrected chi connectivity index (χ4v) is 2.58. The van der Waals surface area contributed by atoms with E-state index in [1.54, 1.807) is 13.8 Å². The van der Waals surface area contributed by atoms with Crippen molar-refractivity contribution in [3.63, 3.8) is 0 Å². The molecular formula is C15H21NO5. The van der Waals surface area contributed by atoms with Crippen LogP contribution in [0.15, 0.2) is 30.3 Å². The van der Waals surface area contributed by atoms with Gasteiger partial charge in [-0.05, 0) is 19.4 Å². The molecule has 2 saturated heterocycles. The van der Waals surface area contributed by atoms with E-state index >= 15 is 0 Å². The van der Waals surface area contributed by atoms with Crippen molar-refractivity contribution in [3.05, 3.63) is 35.9 Å². The molecule has 6 nitrogen and oxygen atoms in total. The normalized spacial score (nSPS) is 34.0. The van der Waals surface area contributed by atoms with Crippen molar-refractivity contribution in [2.45, 2.75) is 50.8 Å². The van der Waals surface area contributed by atoms with E-state index in [0.29, 0.717) is 13.2 Å². The molecule has 6 heteroatoms. The molecule has 0 amide bonds. The number of aliphatic hydroxyl groups is 1. The molecule has 4 atom stereocenters. The maximum Gasteiger partial charge on any atom is 0.190 e. The van der Waals surface area contributed by atoms with Gasteiger partial charge in [0.05, 0.1) is 13.2 Å². The van der Waals surface area contributed by atoms with E-state index in [4.69, 9.17) is 19.0 Å². The van der Waals surface area contributed by atoms with E-state index < -0.39 is 30.4 Å². The molecule has 0 radical (unpaired) electrons. The SMILES string of the molecule is CC1(C)O[C@H]2O[C@H](CNOCc3ccccc3)[C@H](O)[C@H]2O1. The molecule has 1 aromatic rings. The minimum absolute atomic E-state index is 0.369. The molecule has 3 rings (SSSR count). The van der Waals surface area contributed by atoms with Crippen molar-refractivity contribution >= 4 is 0 Å². The van der Waals surface area contributed by atoms with Gasteiger partial charge in [-0.3, -0.25) is 4.84 Å². The Morgan fingerprint density at radius 2 is 2.00 bits per heavy atom. The Hall–Kier alpha value is -1.02. The number of hydrogen-bond acceptors (Lipinski definition) is 6. The summed E-state index contributed by atoms with van der Waals surface area (Å²) in [6.45, 7) is 4.43. The van der Waals surface area contributed by atoms with Crippen LogP contribution in [0.25, 0.3) is 0 Å². The van der Waals surface area contributed by atoms with Crippen molar-refractivity contribution in [1.29, 1.82) is 0 Å². The average molecular weight is 295 g/mol. The van der Waals surface area contributed by atoms with Gasteiger partial charge in [-0.15, -0.1) is 0 Å². The van der Waals surface area contributed by atoms with Crippen molar-refractivity contribution in [2.75, 3.05) is 6.54 Å². The maximum absolute atomic E-state index is 10.2. The Morgan fingerprint density at radius 3 is 2.71 bits per heavy atom. The number of nitrogens with one attached hydrogen (secondary N) is 1. The van der Waals surface area contributed by atoms with Crippen molar-refractivity contribution in [3.8, 4) is 0 Å². The summed E-state index contributed by atoms with van der Waals surface area (Å²) in [5.41, 5.74) is 3.89. The first-order valence-electron chi connectivity index (χ1n) is 7.13. The van der Waals surface area contributed by atoms with Crippen LogP contribution in [0.1, 0.15) is 19.4 Å². The highest BCUT2D eigenvalue weighted by molar-refractivity contribution is 5.13. The number of hydroxylamine groups is 1. The third kappa shape index (κ3) is 3.42. The van der Waals surface area contributed by atoms with Gasteiger partial charge in [0.15, 0.2) is 12.1 Å². The molecule has 0 aliphatic carbocycles. The fraction of sp³-hybridized carbons (Fsp3) is 0.600. The van der Waals surface area contributed by atoms with E-state index in [1.165, 1.54) is 0 Å². The van der Waals surface area contributed by atoms with E-state index in [9.17, 15) is 5.11 Å². The fourth-order valence-electron chi connectivity index (χ4n) is 2.58. The van der Waals surface area contributed by atoms with Crippen LogP contribution >= 0.6 is 0 Å². The average Bonchev–Trinajstić information content (AvgIpc) is 2.90. The lowest BCUT2D eigenvalue weighted by Crippen LogP contribution is -2.39. The van der Waals surface area contributed by atoms with Gasteiger partial charge in [0.1, 0.15) is 18.3 Å². The van der Waals surface area contributed by atoms with Crippen LogP contribution in [0.4, 0.5) is 0 Å². The highest BCUT2D eigenvalue weighted by Crippen LogP contribution is 2.37. The lowest BCUT2D eigenvalue weighted by atomic mass is 10.1. The van der Waals surface area contributed by atoms with Crippen LogP contribution in [0.2, 0.25) is 0 Å². The second-order valence-corrected chi connectivity index (χ2v) is 5.76. The molecule has 2 heterocycles. The molecule has 21 heavy (non-hydrogen) atoms. The quantitative estimate of drug-likeness (QED) is 0.622. The van der Waals surface area contributed by atoms with Gasteiger partial charge in [-0.1, -0.05) is 30.3 Å². The Balaban J connectivity index is 1.41. The molecule has 1 aromatic carbocycles. The smallest absolute Gasteiger partial charge is 0.190 e. The van der Waals surface area contributed by atoms with E-state index in [2.05, 4.69) is 5.48 Å². The van der Waals surface area contributed by atoms with Gasteiger partial charge < -0.3 is 19.3 Å². The van der Waals surface area contributed by atoms with Gasteiger partial charge in [-0.2, -0.15) is 5.48 Å². The van der Waals surface area contributed by atoms with E-state index in [1.807, 2.05) is 30.3 Å². The van der Waals surface area contributed by atoms with Gasteiger partial charge >= 0.3 is 0 Å². The second-order valence-electron chi connectivity index (χ2n) is 5.76. The minimum atomic E-state index is -0.732. The Kier molecular flexibility index (Phi) is 4.26. The summed E-state index contributed by atoms with van der Waals surface area (Å²) in [6.07, 6.45) is -2.10. The van der Waals surface area contributed by atoms with Crippen LogP contribution in [-0.4, -0.2) is 42.0 Å². The molecule has 2 aliphatic rings. The highest BCUT2D eigenvalue weighted by Gasteiger charge is 2.54. The maximum atomic E-state index is 10.2. The van der Waals surface area contributed by atoms with Crippen LogP contribution < -0.4 is 5.48 Å². The number of ether oxygens (including phenoxy) is 3. The molecule has 0 unspecified atom stereocenters. The summed E-state index contributed by atoms with van der Waals surface area (Å²) in [4.78, 5) is 5.37. The van der Waals surface area contributed by atoms with E-state index in [-0.39, 0.29) is 0 Å². The zero-order valence-electron chi connectivity index (χ0n) is 12.2. The number of rotatable bonds is 5. The molecule has 0 saturated carbocycles. The third-order valence-corrected chi connectivity index (χ3v) is 3.58. The Labute approximate surface area is 123 Å². The number of hydrogen-bond donors (Lipinski definition) is 2. The molecule has 0 aromatic heterocycles. The summed E-state index contributed by atoms with van der Waals surface area (Å²) in [7, 11) is 0. The first kappa shape index (κ1) is 14.9. The van der Waals surface area contributed by atoms with Gasteiger partial charge in [-0.25, -0.2) is 0 Å². The van der Waals surface area contributed by atoms with Gasteiger partial charge in [0.25, 0.3) is 0 Å². The van der Waals surface area contributed by atoms with Crippen molar-refractivity contribution in [2.24, 2.45) is 0 Å². The summed E-state index contributed by atoms with van der Waals surface area (Å²) < 4.78 is 16.8. The number of benzene rings is 1. The zero-order chi connectivity index (χ0) is 14.9. The first-order chi connectivity index (χ1) is 10.1. The predicted molar refractivity (Wildman–Crippen MR) is 73.9 cm³/mol. The molecule has 2 aliphatic heterocycles. The Morgan fingerprint density at radius 1 is 1.24 bits per heavy atom. The molecular weight excluding hydrogens is 274 g/mol. The predicted octanol–water partition coefficient (Wildman–Crippen LogP) is 0.945. The molecule has 2 fully saturated rings. The van der Waals surface area contributed by atoms with Crippen LogP contribution in [0.3, 0.4) is 0 Å². The van der Waals surface area contributed by atoms with Crippen LogP contribution in [-0.2, 0) is 25.7 Å². The lowest BCUT2D eigenvalue weighted by molar-refractivity contribution is -0.216. The largest absolute Gasteiger partial charge is 0.387 e. The molecule has 0 spiro atoms. The topological polar surface area (TPSA) is 69.2 Å². The lowest BCUT2D eigenvalue weighted by Gasteiger charge is -2.23. The van der Waals surface area contributed by atoms with Gasteiger partial charge in [0.2, 0.25) is 0 Å². The molecule has 2 N–H and O–H groups in total. The minimum Gasteiger partial charge on any atom is -0.387 e. The third-order valence-electron chi connectivity index (χ3n) is 3.58. The number of aliphatic hydroxyl groups excluding tert-OH is 1. The molecule has 0 bridgehead atoms. The number of fused-ring (bicyclic) bond motifs is 1. The summed E-state index contributed by atoms with van der Waals surface area (Å²) in [5.74, 6) is -0.710. The van der Waals surface area contributed by atoms with Crippen LogP contribution in [0.5, 0.6) is 0 Å². The standard InChI is InChI=1S/C15H21NO5/c1-15(2)20-13-12(17)11(19-14(13)21-15)8-16-18-9-10-6-4-3-5-7-10/h3-7,11-14,16-17H,8-9H2,1-2H3/t11-,12+,13-,14-/m1/s1. The zero-order valence-corrected chi connectivity index (χ0v) is 12.2. The van der Waals surface area contributed by atoms with Crippen molar-refractivity contribution in [1.82, 2.24) is 5.48 Å². The second kappa shape index (κ2) is 6.00. The van der Waals surface area contributed by atoms with Gasteiger partial charge in [0, 0.05) is 0 Å². The van der Waals surface area contributed by atoms with Crippen molar-refractivity contribution < 1.29 is 24.2 Å². The Bertz CT molecular complexity index is 466. The summed E-state index contributed by atoms with van der Waals surface area (Å²) in [6, 6.07) is 9.84. The summed E-state index contributed by atoms with van der Waals surface area (Å²) >= 11 is 0. The van der Waals surface area contributed by atoms with Crippen LogP contribution in [0, 0.1) is 0 Å². The first-order valence-corrected chi connectivity index (χ1v) is 7.13. The summed E-state index contributed by atoms with van der Waals surface area (Å²) in [5, 5.41) is 10.2. The molecule has 116 valence electrons. The van der Waals surface area contributed by atoms with E-state index in [0.717, 1.165) is 5.56 Å². The highest BCUT2D eigenvalue weighted by atomic mass is 16.8.